The van der Waals surface area contributed by atoms with E-state index in [0.29, 0.717) is 6.42 Å². The lowest BCUT2D eigenvalue weighted by molar-refractivity contribution is -0.171. The number of hydrogen-bond donors (Lipinski definition) is 0. The van der Waals surface area contributed by atoms with E-state index in [9.17, 15) is 18.0 Å². The fourth-order valence-electron chi connectivity index (χ4n) is 1.82. The van der Waals surface area contributed by atoms with Gasteiger partial charge in [-0.2, -0.15) is 13.2 Å². The third kappa shape index (κ3) is 3.68. The predicted molar refractivity (Wildman–Crippen MR) is 54.8 cm³/mol. The van der Waals surface area contributed by atoms with Gasteiger partial charge in [0, 0.05) is 19.5 Å². The smallest absolute Gasteiger partial charge is 0.342 e. The van der Waals surface area contributed by atoms with Crippen LogP contribution in [0.1, 0.15) is 33.6 Å². The fourth-order valence-corrected chi connectivity index (χ4v) is 1.82. The van der Waals surface area contributed by atoms with E-state index in [1.807, 2.05) is 20.8 Å². The van der Waals surface area contributed by atoms with E-state index < -0.39 is 12.1 Å². The molecule has 1 rings (SSSR count). The van der Waals surface area contributed by atoms with Crippen LogP contribution >= 0.6 is 0 Å². The van der Waals surface area contributed by atoms with Crippen molar-refractivity contribution >= 4 is 5.91 Å². The highest BCUT2D eigenvalue weighted by molar-refractivity contribution is 5.77. The van der Waals surface area contributed by atoms with E-state index in [2.05, 4.69) is 0 Å². The maximum atomic E-state index is 12.4. The highest BCUT2D eigenvalue weighted by Gasteiger charge is 2.44. The molecule has 0 saturated carbocycles. The number of carbonyl (C=O) groups excluding carboxylic acids is 1. The molecule has 94 valence electrons. The summed E-state index contributed by atoms with van der Waals surface area (Å²) >= 11 is 0. The maximum Gasteiger partial charge on any atom is 0.393 e. The van der Waals surface area contributed by atoms with Crippen LogP contribution in [0.3, 0.4) is 0 Å². The lowest BCUT2D eigenvalue weighted by Crippen LogP contribution is -2.33. The molecule has 5 heteroatoms. The molecule has 16 heavy (non-hydrogen) atoms. The Labute approximate surface area is 93.8 Å². The average Bonchev–Trinajstić information content (AvgIpc) is 2.46. The van der Waals surface area contributed by atoms with Gasteiger partial charge in [0.25, 0.3) is 0 Å². The number of rotatable bonds is 1. The molecule has 1 saturated heterocycles. The minimum atomic E-state index is -4.17. The van der Waals surface area contributed by atoms with Crippen molar-refractivity contribution < 1.29 is 18.0 Å². The van der Waals surface area contributed by atoms with E-state index in [1.165, 1.54) is 4.90 Å². The Morgan fingerprint density at radius 1 is 1.31 bits per heavy atom. The SMILES string of the molecule is CC(C)(C)CC(=O)N1CC[C@@H](C(F)(F)F)C1. The van der Waals surface area contributed by atoms with Gasteiger partial charge in [0.2, 0.25) is 5.91 Å². The summed E-state index contributed by atoms with van der Waals surface area (Å²) in [6.07, 6.45) is -3.83. The quantitative estimate of drug-likeness (QED) is 0.686. The van der Waals surface area contributed by atoms with Gasteiger partial charge < -0.3 is 4.90 Å². The molecule has 0 aliphatic carbocycles. The molecule has 0 spiro atoms. The Morgan fingerprint density at radius 2 is 1.88 bits per heavy atom. The normalized spacial score (nSPS) is 22.6. The molecular weight excluding hydrogens is 219 g/mol. The van der Waals surface area contributed by atoms with Crippen molar-refractivity contribution in [3.63, 3.8) is 0 Å². The van der Waals surface area contributed by atoms with Crippen LogP contribution in [0.15, 0.2) is 0 Å². The highest BCUT2D eigenvalue weighted by atomic mass is 19.4. The monoisotopic (exact) mass is 237 g/mol. The summed E-state index contributed by atoms with van der Waals surface area (Å²) in [7, 11) is 0. The van der Waals surface area contributed by atoms with Crippen molar-refractivity contribution in [3.05, 3.63) is 0 Å². The van der Waals surface area contributed by atoms with Crippen LogP contribution in [0.5, 0.6) is 0 Å². The van der Waals surface area contributed by atoms with Gasteiger partial charge >= 0.3 is 6.18 Å². The second-order valence-electron chi connectivity index (χ2n) is 5.60. The van der Waals surface area contributed by atoms with Crippen LogP contribution in [-0.4, -0.2) is 30.1 Å². The molecule has 1 heterocycles. The summed E-state index contributed by atoms with van der Waals surface area (Å²) in [6, 6.07) is 0. The van der Waals surface area contributed by atoms with Gasteiger partial charge in [-0.25, -0.2) is 0 Å². The van der Waals surface area contributed by atoms with Gasteiger partial charge in [-0.05, 0) is 11.8 Å². The first kappa shape index (κ1) is 13.3. The lowest BCUT2D eigenvalue weighted by Gasteiger charge is -2.23. The van der Waals surface area contributed by atoms with Gasteiger partial charge in [-0.1, -0.05) is 20.8 Å². The van der Waals surface area contributed by atoms with E-state index >= 15 is 0 Å². The second-order valence-corrected chi connectivity index (χ2v) is 5.60. The molecule has 0 aromatic rings. The number of nitrogens with zero attached hydrogens (tertiary/aromatic N) is 1. The molecule has 1 aliphatic rings. The molecule has 1 atom stereocenters. The Hall–Kier alpha value is -0.740. The second kappa shape index (κ2) is 4.26. The molecule has 0 bridgehead atoms. The third-order valence-electron chi connectivity index (χ3n) is 2.69. The zero-order chi connectivity index (χ0) is 12.6. The van der Waals surface area contributed by atoms with E-state index in [-0.39, 0.29) is 30.8 Å². The van der Waals surface area contributed by atoms with E-state index in [4.69, 9.17) is 0 Å². The van der Waals surface area contributed by atoms with Crippen molar-refractivity contribution in [1.82, 2.24) is 4.90 Å². The zero-order valence-electron chi connectivity index (χ0n) is 9.90. The van der Waals surface area contributed by atoms with E-state index in [1.54, 1.807) is 0 Å². The third-order valence-corrected chi connectivity index (χ3v) is 2.69. The highest BCUT2D eigenvalue weighted by Crippen LogP contribution is 2.34. The molecular formula is C11H18F3NO. The Kier molecular flexibility index (Phi) is 3.55. The molecule has 0 N–H and O–H groups in total. The number of amides is 1. The molecule has 1 amide bonds. The molecule has 0 unspecified atom stereocenters. The Morgan fingerprint density at radius 3 is 2.25 bits per heavy atom. The van der Waals surface area contributed by atoms with Gasteiger partial charge in [0.15, 0.2) is 0 Å². The maximum absolute atomic E-state index is 12.4. The van der Waals surface area contributed by atoms with Crippen LogP contribution in [0.2, 0.25) is 0 Å². The topological polar surface area (TPSA) is 20.3 Å². The Balaban J connectivity index is 2.51. The van der Waals surface area contributed by atoms with Crippen molar-refractivity contribution in [2.45, 2.75) is 39.8 Å². The summed E-state index contributed by atoms with van der Waals surface area (Å²) < 4.78 is 37.2. The summed E-state index contributed by atoms with van der Waals surface area (Å²) in [5.41, 5.74) is -0.173. The summed E-state index contributed by atoms with van der Waals surface area (Å²) in [5.74, 6) is -1.50. The van der Waals surface area contributed by atoms with Gasteiger partial charge in [-0.3, -0.25) is 4.79 Å². The van der Waals surface area contributed by atoms with Gasteiger partial charge in [-0.15, -0.1) is 0 Å². The summed E-state index contributed by atoms with van der Waals surface area (Å²) in [6.45, 7) is 5.78. The first-order valence-electron chi connectivity index (χ1n) is 5.44. The van der Waals surface area contributed by atoms with E-state index in [0.717, 1.165) is 0 Å². The summed E-state index contributed by atoms with van der Waals surface area (Å²) in [4.78, 5) is 13.0. The van der Waals surface area contributed by atoms with Crippen LogP contribution in [-0.2, 0) is 4.79 Å². The largest absolute Gasteiger partial charge is 0.393 e. The summed E-state index contributed by atoms with van der Waals surface area (Å²) in [5, 5.41) is 0. The number of alkyl halides is 3. The van der Waals surface area contributed by atoms with Crippen LogP contribution in [0, 0.1) is 11.3 Å². The zero-order valence-corrected chi connectivity index (χ0v) is 9.90. The van der Waals surface area contributed by atoms with Crippen molar-refractivity contribution in [2.75, 3.05) is 13.1 Å². The standard InChI is InChI=1S/C11H18F3NO/c1-10(2,3)6-9(16)15-5-4-8(7-15)11(12,13)14/h8H,4-7H2,1-3H3/t8-/m1/s1. The minimum Gasteiger partial charge on any atom is -0.342 e. The fraction of sp³-hybridized carbons (Fsp3) is 0.909. The predicted octanol–water partition coefficient (Wildman–Crippen LogP) is 2.83. The van der Waals surface area contributed by atoms with Crippen molar-refractivity contribution in [2.24, 2.45) is 11.3 Å². The molecule has 2 nitrogen and oxygen atoms in total. The lowest BCUT2D eigenvalue weighted by atomic mass is 9.92. The number of halogens is 3. The minimum absolute atomic E-state index is 0.0411. The van der Waals surface area contributed by atoms with Gasteiger partial charge in [0.05, 0.1) is 5.92 Å². The van der Waals surface area contributed by atoms with Crippen LogP contribution < -0.4 is 0 Å². The number of carbonyl (C=O) groups is 1. The van der Waals surface area contributed by atoms with Crippen LogP contribution in [0.4, 0.5) is 13.2 Å². The molecule has 0 aromatic heterocycles. The van der Waals surface area contributed by atoms with Gasteiger partial charge in [0.1, 0.15) is 0 Å². The molecule has 0 aromatic carbocycles. The number of hydrogen-bond acceptors (Lipinski definition) is 1. The average molecular weight is 237 g/mol. The van der Waals surface area contributed by atoms with Crippen LogP contribution in [0.25, 0.3) is 0 Å². The van der Waals surface area contributed by atoms with Crippen molar-refractivity contribution in [1.29, 1.82) is 0 Å². The number of likely N-dealkylation sites (tertiary alicyclic amines) is 1. The molecule has 1 aliphatic heterocycles. The Bertz CT molecular complexity index is 267. The van der Waals surface area contributed by atoms with Crippen molar-refractivity contribution in [3.8, 4) is 0 Å². The molecule has 0 radical (unpaired) electrons. The molecule has 1 fully saturated rings. The first-order valence-corrected chi connectivity index (χ1v) is 5.44. The first-order chi connectivity index (χ1) is 7.09.